The largest absolute Gasteiger partial charge is 0.298 e. The summed E-state index contributed by atoms with van der Waals surface area (Å²) in [5, 5.41) is -0.413. The van der Waals surface area contributed by atoms with Crippen LogP contribution in [0.1, 0.15) is 25.3 Å². The maximum absolute atomic E-state index is 11.7. The number of Topliss-reactive ketones (excluding diaryl/α,β-unsaturated/α-hetero) is 1. The molecular formula is C18H18ClO. The summed E-state index contributed by atoms with van der Waals surface area (Å²) < 4.78 is 0. The molecule has 0 N–H and O–H groups in total. The Morgan fingerprint density at radius 3 is 2.55 bits per heavy atom. The van der Waals surface area contributed by atoms with Crippen molar-refractivity contribution < 1.29 is 4.79 Å². The van der Waals surface area contributed by atoms with Crippen LogP contribution in [-0.4, -0.2) is 11.2 Å². The number of halogens is 1. The van der Waals surface area contributed by atoms with Crippen molar-refractivity contribution in [2.24, 2.45) is 0 Å². The molecule has 20 heavy (non-hydrogen) atoms. The van der Waals surface area contributed by atoms with Crippen LogP contribution in [0.2, 0.25) is 0 Å². The SMILES string of the molecule is CCCC(=O)C(Cl)Cc1ccc(-c2[c]cccc2)cc1. The Hall–Kier alpha value is -1.60. The summed E-state index contributed by atoms with van der Waals surface area (Å²) in [7, 11) is 0. The normalized spacial score (nSPS) is 12.1. The summed E-state index contributed by atoms with van der Waals surface area (Å²) in [5.74, 6) is 0.134. The van der Waals surface area contributed by atoms with E-state index in [0.717, 1.165) is 23.1 Å². The molecule has 1 radical (unpaired) electrons. The van der Waals surface area contributed by atoms with Gasteiger partial charge in [-0.15, -0.1) is 11.6 Å². The van der Waals surface area contributed by atoms with Gasteiger partial charge in [0.05, 0.1) is 5.38 Å². The van der Waals surface area contributed by atoms with Crippen LogP contribution in [0, 0.1) is 6.07 Å². The lowest BCUT2D eigenvalue weighted by Crippen LogP contribution is -2.16. The number of hydrogen-bond acceptors (Lipinski definition) is 1. The van der Waals surface area contributed by atoms with Gasteiger partial charge in [0.2, 0.25) is 0 Å². The van der Waals surface area contributed by atoms with Crippen LogP contribution in [-0.2, 0) is 11.2 Å². The molecule has 0 saturated carbocycles. The molecule has 0 aliphatic carbocycles. The molecule has 1 nitrogen and oxygen atoms in total. The third-order valence-corrected chi connectivity index (χ3v) is 3.63. The van der Waals surface area contributed by atoms with Gasteiger partial charge in [-0.2, -0.15) is 0 Å². The fourth-order valence-electron chi connectivity index (χ4n) is 2.12. The Balaban J connectivity index is 2.04. The second-order valence-electron chi connectivity index (χ2n) is 4.86. The first kappa shape index (κ1) is 14.8. The molecule has 1 unspecified atom stereocenters. The lowest BCUT2D eigenvalue weighted by molar-refractivity contribution is -0.118. The Bertz CT molecular complexity index is 545. The fourth-order valence-corrected chi connectivity index (χ4v) is 2.40. The quantitative estimate of drug-likeness (QED) is 0.705. The number of alkyl halides is 1. The molecule has 0 fully saturated rings. The first-order valence-electron chi connectivity index (χ1n) is 6.93. The van der Waals surface area contributed by atoms with Crippen LogP contribution in [0.4, 0.5) is 0 Å². The molecule has 0 spiro atoms. The monoisotopic (exact) mass is 285 g/mol. The Labute approximate surface area is 125 Å². The molecule has 0 aliphatic rings. The zero-order chi connectivity index (χ0) is 14.4. The van der Waals surface area contributed by atoms with Crippen molar-refractivity contribution in [3.8, 4) is 11.1 Å². The number of rotatable bonds is 6. The third kappa shape index (κ3) is 3.94. The van der Waals surface area contributed by atoms with Crippen LogP contribution in [0.25, 0.3) is 11.1 Å². The third-order valence-electron chi connectivity index (χ3n) is 3.23. The van der Waals surface area contributed by atoms with Gasteiger partial charge >= 0.3 is 0 Å². The minimum atomic E-state index is -0.413. The van der Waals surface area contributed by atoms with E-state index in [-0.39, 0.29) is 5.78 Å². The molecule has 103 valence electrons. The van der Waals surface area contributed by atoms with Gasteiger partial charge in [0.15, 0.2) is 5.78 Å². The highest BCUT2D eigenvalue weighted by atomic mass is 35.5. The molecule has 0 heterocycles. The van der Waals surface area contributed by atoms with E-state index in [1.807, 2.05) is 43.3 Å². The van der Waals surface area contributed by atoms with E-state index in [1.54, 1.807) is 0 Å². The van der Waals surface area contributed by atoms with Crippen LogP contribution < -0.4 is 0 Å². The Morgan fingerprint density at radius 1 is 1.20 bits per heavy atom. The smallest absolute Gasteiger partial charge is 0.151 e. The zero-order valence-electron chi connectivity index (χ0n) is 11.6. The standard InChI is InChI=1S/C18H18ClO/c1-2-6-18(20)17(19)13-14-9-11-16(12-10-14)15-7-4-3-5-8-15/h3-5,7,9-12,17H,2,6,13H2,1H3. The minimum Gasteiger partial charge on any atom is -0.298 e. The highest BCUT2D eigenvalue weighted by Gasteiger charge is 2.14. The molecule has 2 rings (SSSR count). The number of ketones is 1. The molecule has 2 heteroatoms. The van der Waals surface area contributed by atoms with Gasteiger partial charge in [0.1, 0.15) is 0 Å². The second kappa shape index (κ2) is 7.25. The van der Waals surface area contributed by atoms with E-state index in [2.05, 4.69) is 18.2 Å². The van der Waals surface area contributed by atoms with E-state index >= 15 is 0 Å². The molecule has 2 aromatic carbocycles. The Morgan fingerprint density at radius 2 is 1.95 bits per heavy atom. The minimum absolute atomic E-state index is 0.134. The highest BCUT2D eigenvalue weighted by molar-refractivity contribution is 6.31. The van der Waals surface area contributed by atoms with Gasteiger partial charge in [-0.3, -0.25) is 4.79 Å². The number of carbonyl (C=O) groups excluding carboxylic acids is 1. The fraction of sp³-hybridized carbons (Fsp3) is 0.278. The Kier molecular flexibility index (Phi) is 5.37. The molecule has 2 aromatic rings. The predicted molar refractivity (Wildman–Crippen MR) is 84.0 cm³/mol. The molecular weight excluding hydrogens is 268 g/mol. The van der Waals surface area contributed by atoms with Crippen molar-refractivity contribution in [1.82, 2.24) is 0 Å². The number of benzene rings is 2. The van der Waals surface area contributed by atoms with Crippen LogP contribution in [0.15, 0.2) is 48.5 Å². The maximum atomic E-state index is 11.7. The van der Waals surface area contributed by atoms with Gasteiger partial charge in [0.25, 0.3) is 0 Å². The van der Waals surface area contributed by atoms with Crippen LogP contribution in [0.3, 0.4) is 0 Å². The second-order valence-corrected chi connectivity index (χ2v) is 5.39. The maximum Gasteiger partial charge on any atom is 0.151 e. The summed E-state index contributed by atoms with van der Waals surface area (Å²) in [6, 6.07) is 19.3. The number of hydrogen-bond donors (Lipinski definition) is 0. The average Bonchev–Trinajstić information content (AvgIpc) is 2.49. The lowest BCUT2D eigenvalue weighted by atomic mass is 10.0. The summed E-state index contributed by atoms with van der Waals surface area (Å²) in [6.07, 6.45) is 2.01. The summed E-state index contributed by atoms with van der Waals surface area (Å²) in [5.41, 5.74) is 3.29. The van der Waals surface area contributed by atoms with Crippen molar-refractivity contribution in [3.63, 3.8) is 0 Å². The van der Waals surface area contributed by atoms with Crippen molar-refractivity contribution in [2.45, 2.75) is 31.6 Å². The van der Waals surface area contributed by atoms with Crippen molar-refractivity contribution in [3.05, 3.63) is 60.2 Å². The van der Waals surface area contributed by atoms with Gasteiger partial charge < -0.3 is 0 Å². The first-order valence-corrected chi connectivity index (χ1v) is 7.37. The van der Waals surface area contributed by atoms with Gasteiger partial charge in [-0.05, 0) is 35.6 Å². The van der Waals surface area contributed by atoms with Crippen LogP contribution >= 0.6 is 11.6 Å². The van der Waals surface area contributed by atoms with E-state index < -0.39 is 5.38 Å². The van der Waals surface area contributed by atoms with E-state index in [4.69, 9.17) is 11.6 Å². The van der Waals surface area contributed by atoms with Gasteiger partial charge in [0, 0.05) is 6.42 Å². The van der Waals surface area contributed by atoms with E-state index in [0.29, 0.717) is 12.8 Å². The first-order chi connectivity index (χ1) is 9.70. The predicted octanol–water partition coefficient (Wildman–Crippen LogP) is 4.67. The van der Waals surface area contributed by atoms with Crippen LogP contribution in [0.5, 0.6) is 0 Å². The van der Waals surface area contributed by atoms with Crippen molar-refractivity contribution in [1.29, 1.82) is 0 Å². The van der Waals surface area contributed by atoms with E-state index in [9.17, 15) is 4.79 Å². The molecule has 0 aliphatic heterocycles. The summed E-state index contributed by atoms with van der Waals surface area (Å²) >= 11 is 6.15. The molecule has 0 aromatic heterocycles. The zero-order valence-corrected chi connectivity index (χ0v) is 12.4. The van der Waals surface area contributed by atoms with E-state index in [1.165, 1.54) is 0 Å². The highest BCUT2D eigenvalue weighted by Crippen LogP contribution is 2.20. The number of carbonyl (C=O) groups is 1. The topological polar surface area (TPSA) is 17.1 Å². The molecule has 1 atom stereocenters. The molecule has 0 saturated heterocycles. The van der Waals surface area contributed by atoms with Gasteiger partial charge in [-0.1, -0.05) is 55.5 Å². The van der Waals surface area contributed by atoms with Gasteiger partial charge in [-0.25, -0.2) is 0 Å². The van der Waals surface area contributed by atoms with Crippen molar-refractivity contribution in [2.75, 3.05) is 0 Å². The average molecular weight is 286 g/mol. The molecule has 0 bridgehead atoms. The lowest BCUT2D eigenvalue weighted by Gasteiger charge is -2.09. The summed E-state index contributed by atoms with van der Waals surface area (Å²) in [4.78, 5) is 11.7. The summed E-state index contributed by atoms with van der Waals surface area (Å²) in [6.45, 7) is 1.99. The van der Waals surface area contributed by atoms with Crippen molar-refractivity contribution >= 4 is 17.4 Å². The molecule has 0 amide bonds.